The van der Waals surface area contributed by atoms with Gasteiger partial charge in [0.1, 0.15) is 0 Å². The van der Waals surface area contributed by atoms with Crippen molar-refractivity contribution in [1.29, 1.82) is 0 Å². The smallest absolute Gasteiger partial charge is 0.0146 e. The van der Waals surface area contributed by atoms with Crippen LogP contribution in [0.15, 0.2) is 18.2 Å². The normalized spacial score (nSPS) is 15.6. The summed E-state index contributed by atoms with van der Waals surface area (Å²) in [4.78, 5) is 0. The summed E-state index contributed by atoms with van der Waals surface area (Å²) >= 11 is 0. The van der Waals surface area contributed by atoms with Crippen molar-refractivity contribution in [1.82, 2.24) is 0 Å². The Balaban J connectivity index is 2.54. The number of hydrogen-bond acceptors (Lipinski definition) is 0. The summed E-state index contributed by atoms with van der Waals surface area (Å²) in [5.74, 6) is 0. The molecule has 0 bridgehead atoms. The second kappa shape index (κ2) is 1.87. The van der Waals surface area contributed by atoms with Crippen molar-refractivity contribution in [2.24, 2.45) is 0 Å². The van der Waals surface area contributed by atoms with Crippen molar-refractivity contribution < 1.29 is 0 Å². The van der Waals surface area contributed by atoms with Crippen molar-refractivity contribution in [2.75, 3.05) is 0 Å². The van der Waals surface area contributed by atoms with Crippen molar-refractivity contribution in [3.63, 3.8) is 0 Å². The lowest BCUT2D eigenvalue weighted by Gasteiger charge is -1.92. The molecule has 0 fully saturated rings. The highest BCUT2D eigenvalue weighted by atomic mass is 14.1. The highest BCUT2D eigenvalue weighted by Crippen LogP contribution is 2.19. The monoisotopic (exact) mass is 117 g/mol. The summed E-state index contributed by atoms with van der Waals surface area (Å²) in [5.41, 5.74) is 2.95. The molecular formula is C9H9. The summed E-state index contributed by atoms with van der Waals surface area (Å²) in [5, 5.41) is 0. The van der Waals surface area contributed by atoms with Crippen molar-refractivity contribution >= 4 is 0 Å². The Bertz CT molecular complexity index is 190. The van der Waals surface area contributed by atoms with E-state index >= 15 is 0 Å². The van der Waals surface area contributed by atoms with Crippen LogP contribution in [0.5, 0.6) is 0 Å². The Morgan fingerprint density at radius 1 is 1.33 bits per heavy atom. The van der Waals surface area contributed by atoms with Gasteiger partial charge in [0.05, 0.1) is 0 Å². The number of hydrogen-bond donors (Lipinski definition) is 0. The highest BCUT2D eigenvalue weighted by Gasteiger charge is 2.07. The molecule has 9 heavy (non-hydrogen) atoms. The molecule has 0 atom stereocenters. The molecule has 1 radical (unpaired) electrons. The molecular weight excluding hydrogens is 108 g/mol. The van der Waals surface area contributed by atoms with Crippen molar-refractivity contribution in [3.05, 3.63) is 35.4 Å². The molecule has 2 rings (SSSR count). The van der Waals surface area contributed by atoms with Crippen LogP contribution in [0.2, 0.25) is 0 Å². The molecule has 0 amide bonds. The summed E-state index contributed by atoms with van der Waals surface area (Å²) < 4.78 is 0. The van der Waals surface area contributed by atoms with Crippen LogP contribution in [0, 0.1) is 6.07 Å². The van der Waals surface area contributed by atoms with Crippen molar-refractivity contribution in [2.45, 2.75) is 19.3 Å². The fourth-order valence-electron chi connectivity index (χ4n) is 1.43. The van der Waals surface area contributed by atoms with Crippen LogP contribution >= 0.6 is 0 Å². The standard InChI is InChI=1S/C9H9/c1-2-5-9-7-3-6-8(9)4-1/h1-2,4H,3,6-7H2. The van der Waals surface area contributed by atoms with Gasteiger partial charge in [-0.05, 0) is 36.5 Å². The molecule has 0 spiro atoms. The van der Waals surface area contributed by atoms with E-state index in [2.05, 4.69) is 18.2 Å². The van der Waals surface area contributed by atoms with Crippen LogP contribution in [0.25, 0.3) is 0 Å². The third-order valence-corrected chi connectivity index (χ3v) is 1.91. The molecule has 1 aromatic rings. The van der Waals surface area contributed by atoms with Crippen LogP contribution in [-0.4, -0.2) is 0 Å². The molecule has 0 saturated carbocycles. The van der Waals surface area contributed by atoms with Gasteiger partial charge in [0, 0.05) is 0 Å². The second-order valence-corrected chi connectivity index (χ2v) is 2.53. The molecule has 1 aromatic carbocycles. The lowest BCUT2D eigenvalue weighted by atomic mass is 10.1. The van der Waals surface area contributed by atoms with E-state index in [1.807, 2.05) is 6.07 Å². The van der Waals surface area contributed by atoms with Gasteiger partial charge in [0.2, 0.25) is 0 Å². The lowest BCUT2D eigenvalue weighted by molar-refractivity contribution is 0.911. The van der Waals surface area contributed by atoms with E-state index in [4.69, 9.17) is 0 Å². The van der Waals surface area contributed by atoms with Gasteiger partial charge in [-0.15, -0.1) is 0 Å². The zero-order valence-corrected chi connectivity index (χ0v) is 5.35. The summed E-state index contributed by atoms with van der Waals surface area (Å²) in [6, 6.07) is 9.53. The predicted molar refractivity (Wildman–Crippen MR) is 37.3 cm³/mol. The van der Waals surface area contributed by atoms with Gasteiger partial charge in [-0.25, -0.2) is 0 Å². The Kier molecular flexibility index (Phi) is 1.05. The minimum Gasteiger partial charge on any atom is -0.0614 e. The highest BCUT2D eigenvalue weighted by molar-refractivity contribution is 5.29. The molecule has 0 heteroatoms. The van der Waals surface area contributed by atoms with E-state index in [9.17, 15) is 0 Å². The molecule has 0 unspecified atom stereocenters. The zero-order chi connectivity index (χ0) is 6.10. The predicted octanol–water partition coefficient (Wildman–Crippen LogP) is 1.98. The van der Waals surface area contributed by atoms with Crippen LogP contribution in [0.4, 0.5) is 0 Å². The molecule has 1 aliphatic rings. The van der Waals surface area contributed by atoms with Gasteiger partial charge in [0.25, 0.3) is 0 Å². The number of rotatable bonds is 0. The van der Waals surface area contributed by atoms with Gasteiger partial charge < -0.3 is 0 Å². The third-order valence-electron chi connectivity index (χ3n) is 1.91. The van der Waals surface area contributed by atoms with Gasteiger partial charge in [-0.3, -0.25) is 0 Å². The van der Waals surface area contributed by atoms with E-state index in [0.717, 1.165) is 0 Å². The largest absolute Gasteiger partial charge is 0.0614 e. The van der Waals surface area contributed by atoms with Crippen LogP contribution in [-0.2, 0) is 12.8 Å². The van der Waals surface area contributed by atoms with E-state index in [0.29, 0.717) is 0 Å². The van der Waals surface area contributed by atoms with Gasteiger partial charge in [0.15, 0.2) is 0 Å². The molecule has 0 saturated heterocycles. The van der Waals surface area contributed by atoms with Crippen LogP contribution in [0.1, 0.15) is 17.5 Å². The summed E-state index contributed by atoms with van der Waals surface area (Å²) in [7, 11) is 0. The fraction of sp³-hybridized carbons (Fsp3) is 0.333. The van der Waals surface area contributed by atoms with E-state index in [1.54, 1.807) is 0 Å². The molecule has 1 aliphatic carbocycles. The van der Waals surface area contributed by atoms with Crippen molar-refractivity contribution in [3.8, 4) is 0 Å². The van der Waals surface area contributed by atoms with Gasteiger partial charge in [-0.1, -0.05) is 18.2 Å². The van der Waals surface area contributed by atoms with Crippen LogP contribution in [0.3, 0.4) is 0 Å². The van der Waals surface area contributed by atoms with E-state index in [1.165, 1.54) is 30.4 Å². The average Bonchev–Trinajstić information content (AvgIpc) is 2.33. The first-order chi connectivity index (χ1) is 4.47. The lowest BCUT2D eigenvalue weighted by Crippen LogP contribution is -1.77. The van der Waals surface area contributed by atoms with Crippen LogP contribution < -0.4 is 0 Å². The Labute approximate surface area is 55.5 Å². The van der Waals surface area contributed by atoms with E-state index < -0.39 is 0 Å². The molecule has 45 valence electrons. The average molecular weight is 117 g/mol. The van der Waals surface area contributed by atoms with Gasteiger partial charge >= 0.3 is 0 Å². The maximum Gasteiger partial charge on any atom is -0.0146 e. The molecule has 0 aromatic heterocycles. The number of fused-ring (bicyclic) bond motifs is 1. The second-order valence-electron chi connectivity index (χ2n) is 2.53. The summed E-state index contributed by atoms with van der Waals surface area (Å²) in [6.45, 7) is 0. The zero-order valence-electron chi connectivity index (χ0n) is 5.35. The minimum absolute atomic E-state index is 1.25. The van der Waals surface area contributed by atoms with E-state index in [-0.39, 0.29) is 0 Å². The fourth-order valence-corrected chi connectivity index (χ4v) is 1.43. The number of aryl methyl sites for hydroxylation is 2. The molecule has 0 N–H and O–H groups in total. The first-order valence-electron chi connectivity index (χ1n) is 3.45. The SMILES string of the molecule is [c]1cccc2c1CCC2. The Morgan fingerprint density at radius 3 is 3.22 bits per heavy atom. The Hall–Kier alpha value is -0.780. The number of benzene rings is 1. The molecule has 0 heterocycles. The molecule has 0 aliphatic heterocycles. The maximum absolute atomic E-state index is 3.25. The topological polar surface area (TPSA) is 0 Å². The summed E-state index contributed by atoms with van der Waals surface area (Å²) in [6.07, 6.45) is 3.85. The first-order valence-corrected chi connectivity index (χ1v) is 3.45. The van der Waals surface area contributed by atoms with Gasteiger partial charge in [-0.2, -0.15) is 0 Å². The Morgan fingerprint density at radius 2 is 2.33 bits per heavy atom. The molecule has 0 nitrogen and oxygen atoms in total. The quantitative estimate of drug-likeness (QED) is 0.487. The maximum atomic E-state index is 3.25. The minimum atomic E-state index is 1.25. The first kappa shape index (κ1) is 5.04. The third kappa shape index (κ3) is 0.748.